The van der Waals surface area contributed by atoms with Crippen molar-refractivity contribution >= 4 is 17.6 Å². The largest absolute Gasteiger partial charge is 0.449 e. The van der Waals surface area contributed by atoms with Gasteiger partial charge in [0.05, 0.1) is 0 Å². The van der Waals surface area contributed by atoms with Crippen LogP contribution in [-0.2, 0) is 9.53 Å². The molecule has 0 bridgehead atoms. The molecule has 0 saturated heterocycles. The van der Waals surface area contributed by atoms with E-state index >= 15 is 0 Å². The number of benzene rings is 1. The number of hydrogen-bond acceptors (Lipinski definition) is 5. The van der Waals surface area contributed by atoms with E-state index in [9.17, 15) is 14.9 Å². The summed E-state index contributed by atoms with van der Waals surface area (Å²) in [5.41, 5.74) is 0.812. The quantitative estimate of drug-likeness (QED) is 0.596. The predicted molar refractivity (Wildman–Crippen MR) is 107 cm³/mol. The molecule has 0 N–H and O–H groups in total. The number of rotatable bonds is 6. The topological polar surface area (TPSA) is 88.5 Å². The van der Waals surface area contributed by atoms with Gasteiger partial charge in [0.25, 0.3) is 5.91 Å². The van der Waals surface area contributed by atoms with E-state index in [-0.39, 0.29) is 28.7 Å². The van der Waals surface area contributed by atoms with E-state index < -0.39 is 12.1 Å². The van der Waals surface area contributed by atoms with Gasteiger partial charge in [0.1, 0.15) is 23.0 Å². The van der Waals surface area contributed by atoms with Crippen molar-refractivity contribution < 1.29 is 18.7 Å². The fourth-order valence-corrected chi connectivity index (χ4v) is 3.09. The zero-order valence-electron chi connectivity index (χ0n) is 16.5. The minimum absolute atomic E-state index is 0.0265. The normalized spacial score (nSPS) is 11.5. The van der Waals surface area contributed by atoms with Crippen molar-refractivity contribution in [3.8, 4) is 12.0 Å². The highest BCUT2D eigenvalue weighted by Crippen LogP contribution is 2.26. The molecule has 0 fully saturated rings. The second kappa shape index (κ2) is 8.48. The number of nitriles is 1. The highest BCUT2D eigenvalue weighted by molar-refractivity contribution is 6.00. The first kappa shape index (κ1) is 20.0. The Hall–Kier alpha value is -3.79. The molecular weight excluding hydrogens is 370 g/mol. The lowest BCUT2D eigenvalue weighted by Gasteiger charge is -2.24. The number of amides is 1. The van der Waals surface area contributed by atoms with Gasteiger partial charge in [0.2, 0.25) is 5.88 Å². The lowest BCUT2D eigenvalue weighted by molar-refractivity contribution is -0.126. The van der Waals surface area contributed by atoms with Gasteiger partial charge in [-0.1, -0.05) is 18.2 Å². The van der Waals surface area contributed by atoms with Gasteiger partial charge in [-0.15, -0.1) is 0 Å². The Kier molecular flexibility index (Phi) is 5.84. The van der Waals surface area contributed by atoms with E-state index in [2.05, 4.69) is 0 Å². The van der Waals surface area contributed by atoms with Crippen LogP contribution in [0.1, 0.15) is 35.5 Å². The van der Waals surface area contributed by atoms with Gasteiger partial charge in [-0.05, 0) is 45.0 Å². The van der Waals surface area contributed by atoms with Crippen molar-refractivity contribution in [2.45, 2.75) is 26.9 Å². The highest BCUT2D eigenvalue weighted by atomic mass is 16.5. The summed E-state index contributed by atoms with van der Waals surface area (Å²) < 4.78 is 12.6. The molecule has 148 valence electrons. The lowest BCUT2D eigenvalue weighted by atomic mass is 10.1. The fraction of sp³-hybridized carbons (Fsp3) is 0.227. The fourth-order valence-electron chi connectivity index (χ4n) is 3.09. The molecule has 0 aliphatic rings. The number of ether oxygens (including phenoxy) is 1. The van der Waals surface area contributed by atoms with Crippen molar-refractivity contribution in [2.75, 3.05) is 11.4 Å². The molecule has 0 spiro atoms. The monoisotopic (exact) mass is 391 g/mol. The summed E-state index contributed by atoms with van der Waals surface area (Å²) in [7, 11) is 0. The Morgan fingerprint density at radius 1 is 1.21 bits per heavy atom. The number of carbonyl (C=O) groups excluding carboxylic acids is 2. The summed E-state index contributed by atoms with van der Waals surface area (Å²) in [4.78, 5) is 27.1. The Morgan fingerprint density at radius 2 is 1.86 bits per heavy atom. The van der Waals surface area contributed by atoms with Crippen LogP contribution < -0.4 is 4.90 Å². The number of aromatic nitrogens is 1. The van der Waals surface area contributed by atoms with Crippen molar-refractivity contribution in [3.05, 3.63) is 71.7 Å². The number of nitrogens with zero attached hydrogens (tertiary/aromatic N) is 3. The smallest absolute Gasteiger partial charge is 0.343 e. The number of likely N-dealkylation sites (N-methyl/N-ethyl adjacent to an activating group) is 1. The highest BCUT2D eigenvalue weighted by Gasteiger charge is 2.30. The molecule has 3 aromatic rings. The maximum absolute atomic E-state index is 12.8. The minimum Gasteiger partial charge on any atom is -0.449 e. The second-order valence-electron chi connectivity index (χ2n) is 6.38. The number of anilines is 1. The average molecular weight is 391 g/mol. The summed E-state index contributed by atoms with van der Waals surface area (Å²) in [5.74, 6) is -0.630. The summed E-state index contributed by atoms with van der Waals surface area (Å²) >= 11 is 0. The molecule has 2 aromatic heterocycles. The first-order valence-electron chi connectivity index (χ1n) is 9.22. The van der Waals surface area contributed by atoms with E-state index in [0.29, 0.717) is 6.54 Å². The average Bonchev–Trinajstić information content (AvgIpc) is 3.36. The molecule has 1 aromatic carbocycles. The maximum Gasteiger partial charge on any atom is 0.343 e. The molecule has 0 aliphatic heterocycles. The first-order chi connectivity index (χ1) is 14.0. The van der Waals surface area contributed by atoms with Crippen molar-refractivity contribution in [3.63, 3.8) is 0 Å². The van der Waals surface area contributed by atoms with Crippen molar-refractivity contribution in [2.24, 2.45) is 0 Å². The zero-order chi connectivity index (χ0) is 21.0. The number of para-hydroxylation sites is 1. The van der Waals surface area contributed by atoms with Gasteiger partial charge >= 0.3 is 5.97 Å². The molecule has 3 rings (SSSR count). The SMILES string of the molecule is CCN(C(=O)[C@H](C)OC(=O)c1c(C)oc(-n2cccc2)c1C#N)c1ccccc1. The van der Waals surface area contributed by atoms with E-state index in [1.165, 1.54) is 11.8 Å². The number of hydrogen-bond donors (Lipinski definition) is 0. The molecular formula is C22H21N3O4. The Bertz CT molecular complexity index is 1050. The van der Waals surface area contributed by atoms with E-state index in [0.717, 1.165) is 5.69 Å². The van der Waals surface area contributed by atoms with Crippen LogP contribution in [-0.4, -0.2) is 29.1 Å². The number of esters is 1. The molecule has 7 heteroatoms. The molecule has 0 unspecified atom stereocenters. The molecule has 1 atom stereocenters. The van der Waals surface area contributed by atoms with Gasteiger partial charge in [-0.25, -0.2) is 4.79 Å². The Morgan fingerprint density at radius 3 is 2.45 bits per heavy atom. The van der Waals surface area contributed by atoms with E-state index in [1.54, 1.807) is 36.0 Å². The second-order valence-corrected chi connectivity index (χ2v) is 6.38. The van der Waals surface area contributed by atoms with Crippen LogP contribution >= 0.6 is 0 Å². The van der Waals surface area contributed by atoms with Crippen molar-refractivity contribution in [1.82, 2.24) is 4.57 Å². The molecule has 7 nitrogen and oxygen atoms in total. The molecule has 0 aliphatic carbocycles. The van der Waals surface area contributed by atoms with Crippen LogP contribution in [0, 0.1) is 18.3 Å². The van der Waals surface area contributed by atoms with Crippen LogP contribution in [0.3, 0.4) is 0 Å². The van der Waals surface area contributed by atoms with Gasteiger partial charge < -0.3 is 14.1 Å². The van der Waals surface area contributed by atoms with Crippen molar-refractivity contribution in [1.29, 1.82) is 5.26 Å². The summed E-state index contributed by atoms with van der Waals surface area (Å²) in [6.45, 7) is 5.37. The number of carbonyl (C=O) groups is 2. The third-order valence-corrected chi connectivity index (χ3v) is 4.50. The third-order valence-electron chi connectivity index (χ3n) is 4.50. The third kappa shape index (κ3) is 3.92. The molecule has 29 heavy (non-hydrogen) atoms. The van der Waals surface area contributed by atoms with Crippen LogP contribution in [0.4, 0.5) is 5.69 Å². The summed E-state index contributed by atoms with van der Waals surface area (Å²) in [6, 6.07) is 14.7. The van der Waals surface area contributed by atoms with Gasteiger partial charge in [0, 0.05) is 24.6 Å². The predicted octanol–water partition coefficient (Wildman–Crippen LogP) is 3.85. The standard InChI is InChI=1S/C22H21N3O4/c1-4-25(17-10-6-5-7-11-17)20(26)16(3)29-22(27)19-15(2)28-21(18(19)14-23)24-12-8-9-13-24/h5-13,16H,4H2,1-3H3/t16-/m0/s1. The molecule has 1 amide bonds. The van der Waals surface area contributed by atoms with Gasteiger partial charge in [-0.3, -0.25) is 9.36 Å². The number of furan rings is 1. The van der Waals surface area contributed by atoms with Crippen LogP contribution in [0.5, 0.6) is 0 Å². The number of aryl methyl sites for hydroxylation is 1. The van der Waals surface area contributed by atoms with E-state index in [1.807, 2.05) is 43.3 Å². The molecule has 0 saturated carbocycles. The van der Waals surface area contributed by atoms with Crippen LogP contribution in [0.25, 0.3) is 5.88 Å². The summed E-state index contributed by atoms with van der Waals surface area (Å²) in [5, 5.41) is 9.57. The Balaban J connectivity index is 1.83. The van der Waals surface area contributed by atoms with Gasteiger partial charge in [-0.2, -0.15) is 5.26 Å². The maximum atomic E-state index is 12.8. The first-order valence-corrected chi connectivity index (χ1v) is 9.22. The van der Waals surface area contributed by atoms with E-state index in [4.69, 9.17) is 9.15 Å². The van der Waals surface area contributed by atoms with Crippen LogP contribution in [0.2, 0.25) is 0 Å². The zero-order valence-corrected chi connectivity index (χ0v) is 16.5. The minimum atomic E-state index is -1.03. The van der Waals surface area contributed by atoms with Gasteiger partial charge in [0.15, 0.2) is 6.10 Å². The molecule has 2 heterocycles. The Labute approximate surface area is 168 Å². The summed E-state index contributed by atoms with van der Waals surface area (Å²) in [6.07, 6.45) is 2.39. The lowest BCUT2D eigenvalue weighted by Crippen LogP contribution is -2.40. The molecule has 0 radical (unpaired) electrons. The van der Waals surface area contributed by atoms with Crippen LogP contribution in [0.15, 0.2) is 59.3 Å².